The lowest BCUT2D eigenvalue weighted by Crippen LogP contribution is -2.44. The molecule has 162 valence electrons. The Hall–Kier alpha value is -2.45. The van der Waals surface area contributed by atoms with Gasteiger partial charge in [0.15, 0.2) is 0 Å². The van der Waals surface area contributed by atoms with Crippen molar-refractivity contribution in [2.24, 2.45) is 5.73 Å². The normalized spacial score (nSPS) is 18.0. The van der Waals surface area contributed by atoms with Crippen LogP contribution in [0.15, 0.2) is 65.6 Å². The highest BCUT2D eigenvalue weighted by molar-refractivity contribution is 7.93. The van der Waals surface area contributed by atoms with Gasteiger partial charge in [-0.3, -0.25) is 4.31 Å². The molecule has 2 N–H and O–H groups in total. The zero-order valence-corrected chi connectivity index (χ0v) is 19.1. The fraction of sp³-hybridized carbons (Fsp3) is 0.182. The summed E-state index contributed by atoms with van der Waals surface area (Å²) < 4.78 is 39.3. The number of hydrogen-bond acceptors (Lipinski definition) is 5. The van der Waals surface area contributed by atoms with Crippen LogP contribution in [0.5, 0.6) is 11.5 Å². The smallest absolute Gasteiger partial charge is 0.268 e. The molecule has 0 spiro atoms. The number of benzene rings is 3. The van der Waals surface area contributed by atoms with Gasteiger partial charge in [0.2, 0.25) is 0 Å². The number of fused-ring (bicyclic) bond motifs is 1. The van der Waals surface area contributed by atoms with Crippen molar-refractivity contribution in [3.63, 3.8) is 0 Å². The summed E-state index contributed by atoms with van der Waals surface area (Å²) in [5.74, 6) is 0.649. The van der Waals surface area contributed by atoms with Gasteiger partial charge >= 0.3 is 0 Å². The standard InChI is InChI=1S/C22H20Cl2N2O4S/c1-29-15-8-10-21(20(12-15)30-2)31(27,28)26-13-22(25,16-5-3-4-6-18(16)24)17-11-14(23)7-9-19(17)26/h3-12H,13,25H2,1-2H3. The van der Waals surface area contributed by atoms with Gasteiger partial charge in [-0.25, -0.2) is 8.42 Å². The molecule has 3 aromatic carbocycles. The van der Waals surface area contributed by atoms with E-state index in [9.17, 15) is 8.42 Å². The van der Waals surface area contributed by atoms with Gasteiger partial charge < -0.3 is 15.2 Å². The maximum atomic E-state index is 13.7. The maximum absolute atomic E-state index is 13.7. The van der Waals surface area contributed by atoms with Gasteiger partial charge in [0.1, 0.15) is 16.4 Å². The highest BCUT2D eigenvalue weighted by Crippen LogP contribution is 2.47. The Balaban J connectivity index is 1.91. The first-order chi connectivity index (χ1) is 14.7. The predicted molar refractivity (Wildman–Crippen MR) is 122 cm³/mol. The van der Waals surface area contributed by atoms with Crippen molar-refractivity contribution >= 4 is 38.9 Å². The number of hydrogen-bond donors (Lipinski definition) is 1. The van der Waals surface area contributed by atoms with Crippen LogP contribution < -0.4 is 19.5 Å². The van der Waals surface area contributed by atoms with Crippen LogP contribution in [0.2, 0.25) is 10.0 Å². The topological polar surface area (TPSA) is 81.9 Å². The van der Waals surface area contributed by atoms with E-state index < -0.39 is 15.6 Å². The Labute approximate surface area is 191 Å². The third-order valence-electron chi connectivity index (χ3n) is 5.39. The molecule has 4 rings (SSSR count). The van der Waals surface area contributed by atoms with E-state index in [0.29, 0.717) is 32.6 Å². The summed E-state index contributed by atoms with van der Waals surface area (Å²) in [6.45, 7) is -0.0517. The molecule has 0 aromatic heterocycles. The molecule has 1 unspecified atom stereocenters. The van der Waals surface area contributed by atoms with Crippen molar-refractivity contribution in [2.45, 2.75) is 10.4 Å². The van der Waals surface area contributed by atoms with E-state index >= 15 is 0 Å². The predicted octanol–water partition coefficient (Wildman–Crippen LogP) is 4.42. The molecule has 3 aromatic rings. The van der Waals surface area contributed by atoms with Crippen LogP contribution in [-0.2, 0) is 15.6 Å². The summed E-state index contributed by atoms with van der Waals surface area (Å²) in [6, 6.07) is 16.6. The molecule has 6 nitrogen and oxygen atoms in total. The number of nitrogens with two attached hydrogens (primary N) is 1. The first-order valence-electron chi connectivity index (χ1n) is 9.31. The summed E-state index contributed by atoms with van der Waals surface area (Å²) in [5, 5.41) is 0.888. The fourth-order valence-electron chi connectivity index (χ4n) is 3.85. The van der Waals surface area contributed by atoms with Crippen LogP contribution in [0.1, 0.15) is 11.1 Å². The number of methoxy groups -OCH3 is 2. The number of halogens is 2. The average Bonchev–Trinajstić information content (AvgIpc) is 3.07. The molecule has 0 radical (unpaired) electrons. The molecule has 0 saturated carbocycles. The zero-order chi connectivity index (χ0) is 22.4. The molecule has 1 aliphatic rings. The SMILES string of the molecule is COc1ccc(S(=O)(=O)N2CC(N)(c3ccccc3Cl)c3cc(Cl)ccc32)c(OC)c1. The highest BCUT2D eigenvalue weighted by Gasteiger charge is 2.47. The number of ether oxygens (including phenoxy) is 2. The van der Waals surface area contributed by atoms with E-state index in [1.54, 1.807) is 42.5 Å². The maximum Gasteiger partial charge on any atom is 0.268 e. The highest BCUT2D eigenvalue weighted by atomic mass is 35.5. The third-order valence-corrected chi connectivity index (χ3v) is 7.76. The molecular weight excluding hydrogens is 459 g/mol. The monoisotopic (exact) mass is 478 g/mol. The molecule has 1 heterocycles. The fourth-order valence-corrected chi connectivity index (χ4v) is 6.00. The van der Waals surface area contributed by atoms with Crippen molar-refractivity contribution < 1.29 is 17.9 Å². The number of nitrogens with zero attached hydrogens (tertiary/aromatic N) is 1. The second-order valence-corrected chi connectivity index (χ2v) is 9.82. The van der Waals surface area contributed by atoms with Crippen molar-refractivity contribution in [1.82, 2.24) is 0 Å². The lowest BCUT2D eigenvalue weighted by Gasteiger charge is -2.28. The third kappa shape index (κ3) is 3.51. The Morgan fingerprint density at radius 1 is 0.968 bits per heavy atom. The quantitative estimate of drug-likeness (QED) is 0.586. The zero-order valence-electron chi connectivity index (χ0n) is 16.8. The van der Waals surface area contributed by atoms with Crippen LogP contribution in [0.4, 0.5) is 5.69 Å². The van der Waals surface area contributed by atoms with Gasteiger partial charge in [0.25, 0.3) is 10.0 Å². The van der Waals surface area contributed by atoms with Crippen LogP contribution in [-0.4, -0.2) is 29.2 Å². The van der Waals surface area contributed by atoms with Gasteiger partial charge in [-0.15, -0.1) is 0 Å². The van der Waals surface area contributed by atoms with E-state index in [-0.39, 0.29) is 17.2 Å². The lowest BCUT2D eigenvalue weighted by molar-refractivity contribution is 0.386. The molecule has 0 saturated heterocycles. The molecule has 1 atom stereocenters. The van der Waals surface area contributed by atoms with Crippen LogP contribution in [0.3, 0.4) is 0 Å². The van der Waals surface area contributed by atoms with E-state index in [0.717, 1.165) is 0 Å². The minimum absolute atomic E-state index is 0.000101. The van der Waals surface area contributed by atoms with Crippen molar-refractivity contribution in [2.75, 3.05) is 25.1 Å². The first kappa shape index (κ1) is 21.8. The molecule has 0 bridgehead atoms. The lowest BCUT2D eigenvalue weighted by atomic mass is 9.85. The molecule has 0 fully saturated rings. The molecule has 9 heteroatoms. The van der Waals surface area contributed by atoms with E-state index in [2.05, 4.69) is 0 Å². The molecule has 31 heavy (non-hydrogen) atoms. The van der Waals surface area contributed by atoms with E-state index in [1.165, 1.54) is 30.7 Å². The van der Waals surface area contributed by atoms with Crippen molar-refractivity contribution in [3.8, 4) is 11.5 Å². The van der Waals surface area contributed by atoms with Gasteiger partial charge in [-0.2, -0.15) is 0 Å². The average molecular weight is 479 g/mol. The molecule has 0 aliphatic carbocycles. The minimum atomic E-state index is -4.04. The van der Waals surface area contributed by atoms with Crippen molar-refractivity contribution in [3.05, 3.63) is 81.8 Å². The molecule has 1 aliphatic heterocycles. The van der Waals surface area contributed by atoms with Crippen LogP contribution in [0, 0.1) is 0 Å². The van der Waals surface area contributed by atoms with Gasteiger partial charge in [0, 0.05) is 21.7 Å². The second kappa shape index (κ2) is 7.91. The van der Waals surface area contributed by atoms with Gasteiger partial charge in [-0.1, -0.05) is 41.4 Å². The summed E-state index contributed by atoms with van der Waals surface area (Å²) in [6.07, 6.45) is 0. The van der Waals surface area contributed by atoms with Crippen LogP contribution >= 0.6 is 23.2 Å². The Morgan fingerprint density at radius 2 is 1.71 bits per heavy atom. The Kier molecular flexibility index (Phi) is 5.55. The number of anilines is 1. The summed E-state index contributed by atoms with van der Waals surface area (Å²) >= 11 is 12.7. The Morgan fingerprint density at radius 3 is 2.39 bits per heavy atom. The van der Waals surface area contributed by atoms with Crippen molar-refractivity contribution in [1.29, 1.82) is 0 Å². The van der Waals surface area contributed by atoms with Gasteiger partial charge in [-0.05, 0) is 42.0 Å². The Bertz CT molecular complexity index is 1270. The minimum Gasteiger partial charge on any atom is -0.497 e. The summed E-state index contributed by atoms with van der Waals surface area (Å²) in [5.41, 5.74) is 7.27. The first-order valence-corrected chi connectivity index (χ1v) is 11.5. The van der Waals surface area contributed by atoms with Gasteiger partial charge in [0.05, 0.1) is 32.0 Å². The number of rotatable bonds is 5. The van der Waals surface area contributed by atoms with E-state index in [1.807, 2.05) is 6.07 Å². The molecule has 0 amide bonds. The summed E-state index contributed by atoms with van der Waals surface area (Å²) in [4.78, 5) is 0.000101. The van der Waals surface area contributed by atoms with E-state index in [4.69, 9.17) is 38.4 Å². The number of sulfonamides is 1. The largest absolute Gasteiger partial charge is 0.497 e. The second-order valence-electron chi connectivity index (χ2n) is 7.14. The van der Waals surface area contributed by atoms with Crippen LogP contribution in [0.25, 0.3) is 0 Å². The summed E-state index contributed by atoms with van der Waals surface area (Å²) in [7, 11) is -1.14. The molecular formula is C22H20Cl2N2O4S.